The molecule has 228 valence electrons. The normalized spacial score (nSPS) is 11.6. The van der Waals surface area contributed by atoms with Crippen LogP contribution in [0.5, 0.6) is 11.5 Å². The van der Waals surface area contributed by atoms with E-state index >= 15 is 4.39 Å². The van der Waals surface area contributed by atoms with E-state index in [1.807, 2.05) is 6.92 Å². The molecule has 1 atom stereocenters. The highest BCUT2D eigenvalue weighted by atomic mass is 19.4. The van der Waals surface area contributed by atoms with E-state index < -0.39 is 29.7 Å². The molecule has 2 aromatic heterocycles. The van der Waals surface area contributed by atoms with Crippen molar-refractivity contribution in [1.29, 1.82) is 5.41 Å². The lowest BCUT2D eigenvalue weighted by Gasteiger charge is -2.21. The van der Waals surface area contributed by atoms with Crippen molar-refractivity contribution in [3.05, 3.63) is 88.1 Å². The fraction of sp³-hybridized carbons (Fsp3) is 0.231. The largest absolute Gasteiger partial charge is 0.494 e. The third-order valence-corrected chi connectivity index (χ3v) is 5.36. The van der Waals surface area contributed by atoms with Crippen molar-refractivity contribution in [2.24, 2.45) is 5.73 Å². The molecule has 0 spiro atoms. The van der Waals surface area contributed by atoms with E-state index in [1.54, 1.807) is 37.3 Å². The van der Waals surface area contributed by atoms with E-state index in [1.165, 1.54) is 24.5 Å². The highest BCUT2D eigenvalue weighted by Gasteiger charge is 2.38. The molecular weight excluding hydrogens is 580 g/mol. The zero-order chi connectivity index (χ0) is 31.7. The lowest BCUT2D eigenvalue weighted by atomic mass is 10.0. The number of aromatic nitrogens is 5. The van der Waals surface area contributed by atoms with Crippen LogP contribution >= 0.6 is 0 Å². The van der Waals surface area contributed by atoms with Crippen molar-refractivity contribution in [2.75, 3.05) is 18.5 Å². The number of nitrogens with one attached hydrogen (secondary N) is 3. The van der Waals surface area contributed by atoms with Crippen LogP contribution in [0.2, 0.25) is 0 Å². The van der Waals surface area contributed by atoms with E-state index in [4.69, 9.17) is 30.5 Å². The van der Waals surface area contributed by atoms with E-state index in [-0.39, 0.29) is 35.5 Å². The van der Waals surface area contributed by atoms with Gasteiger partial charge in [0.25, 0.3) is 5.95 Å². The lowest BCUT2D eigenvalue weighted by Crippen LogP contribution is -2.21. The predicted molar refractivity (Wildman–Crippen MR) is 145 cm³/mol. The molecule has 0 saturated carbocycles. The number of halogens is 4. The maximum atomic E-state index is 15.7. The Labute approximate surface area is 240 Å². The molecule has 13 nitrogen and oxygen atoms in total. The molecule has 0 bridgehead atoms. The highest BCUT2D eigenvalue weighted by molar-refractivity contribution is 5.95. The van der Waals surface area contributed by atoms with Crippen molar-refractivity contribution in [3.8, 4) is 17.4 Å². The molecule has 43 heavy (non-hydrogen) atoms. The van der Waals surface area contributed by atoms with Crippen molar-refractivity contribution in [2.45, 2.75) is 26.1 Å². The van der Waals surface area contributed by atoms with Gasteiger partial charge in [-0.25, -0.2) is 23.9 Å². The van der Waals surface area contributed by atoms with Crippen LogP contribution in [0.3, 0.4) is 0 Å². The summed E-state index contributed by atoms with van der Waals surface area (Å²) in [5.41, 5.74) is 6.18. The molecule has 0 saturated heterocycles. The summed E-state index contributed by atoms with van der Waals surface area (Å²) < 4.78 is 59.6. The zero-order valence-corrected chi connectivity index (χ0v) is 22.6. The number of nitrogens with two attached hydrogens (primary N) is 1. The minimum Gasteiger partial charge on any atom is -0.494 e. The number of benzene rings is 2. The van der Waals surface area contributed by atoms with E-state index in [0.717, 1.165) is 4.68 Å². The molecule has 4 aromatic rings. The van der Waals surface area contributed by atoms with Gasteiger partial charge in [-0.1, -0.05) is 0 Å². The van der Waals surface area contributed by atoms with Gasteiger partial charge >= 0.3 is 17.8 Å². The van der Waals surface area contributed by atoms with E-state index in [2.05, 4.69) is 25.4 Å². The quantitative estimate of drug-likeness (QED) is 0.101. The SMILES string of the molecule is CCOc1cc(OCC)c(F)c(C(Nc2ccc(C(=N)N)cc2)c2nn(-c3ncccn3)c(=O)[nH]2)c1.O=C(O)C(F)(F)F. The van der Waals surface area contributed by atoms with Gasteiger partial charge in [-0.3, -0.25) is 10.4 Å². The third-order valence-electron chi connectivity index (χ3n) is 5.36. The number of H-pyrrole nitrogens is 1. The van der Waals surface area contributed by atoms with Gasteiger partial charge in [-0.2, -0.15) is 13.2 Å². The predicted octanol–water partition coefficient (Wildman–Crippen LogP) is 3.41. The zero-order valence-electron chi connectivity index (χ0n) is 22.6. The van der Waals surface area contributed by atoms with E-state index in [0.29, 0.717) is 23.6 Å². The second kappa shape index (κ2) is 13.9. The number of carboxylic acid groups (broad SMARTS) is 1. The van der Waals surface area contributed by atoms with Crippen molar-refractivity contribution >= 4 is 17.5 Å². The summed E-state index contributed by atoms with van der Waals surface area (Å²) >= 11 is 0. The Bertz CT molecular complexity index is 1610. The van der Waals surface area contributed by atoms with Crippen LogP contribution in [0.4, 0.5) is 23.2 Å². The van der Waals surface area contributed by atoms with Gasteiger partial charge in [0.05, 0.1) is 13.2 Å². The van der Waals surface area contributed by atoms with Gasteiger partial charge in [-0.15, -0.1) is 9.78 Å². The fourth-order valence-electron chi connectivity index (χ4n) is 3.53. The number of rotatable bonds is 10. The Balaban J connectivity index is 0.000000646. The molecule has 0 fully saturated rings. The van der Waals surface area contributed by atoms with Crippen LogP contribution in [0.25, 0.3) is 5.95 Å². The van der Waals surface area contributed by atoms with Crippen molar-refractivity contribution in [1.82, 2.24) is 24.7 Å². The molecule has 4 rings (SSSR count). The molecule has 17 heteroatoms. The van der Waals surface area contributed by atoms with Gasteiger partial charge < -0.3 is 25.6 Å². The first-order valence-corrected chi connectivity index (χ1v) is 12.4. The minimum absolute atomic E-state index is 0.00495. The number of carbonyl (C=O) groups is 1. The summed E-state index contributed by atoms with van der Waals surface area (Å²) in [5.74, 6) is -2.90. The van der Waals surface area contributed by atoms with Gasteiger partial charge in [0, 0.05) is 35.3 Å². The van der Waals surface area contributed by atoms with Gasteiger partial charge in [0.2, 0.25) is 0 Å². The number of nitrogens with zero attached hydrogens (tertiary/aromatic N) is 4. The molecule has 0 amide bonds. The Morgan fingerprint density at radius 3 is 2.28 bits per heavy atom. The summed E-state index contributed by atoms with van der Waals surface area (Å²) in [6, 6.07) is 10.3. The number of aliphatic carboxylic acids is 1. The summed E-state index contributed by atoms with van der Waals surface area (Å²) in [4.78, 5) is 32.4. The number of amidine groups is 1. The van der Waals surface area contributed by atoms with Crippen LogP contribution in [-0.2, 0) is 4.79 Å². The van der Waals surface area contributed by atoms with Crippen LogP contribution < -0.4 is 26.2 Å². The number of anilines is 1. The van der Waals surface area contributed by atoms with Gasteiger partial charge in [-0.05, 0) is 50.2 Å². The van der Waals surface area contributed by atoms with Crippen molar-refractivity contribution in [3.63, 3.8) is 0 Å². The number of ether oxygens (including phenoxy) is 2. The monoisotopic (exact) mass is 606 g/mol. The Kier molecular flexibility index (Phi) is 10.4. The Morgan fingerprint density at radius 2 is 1.74 bits per heavy atom. The number of hydrogen-bond acceptors (Lipinski definition) is 9. The third kappa shape index (κ3) is 8.27. The fourth-order valence-corrected chi connectivity index (χ4v) is 3.53. The number of alkyl halides is 3. The maximum Gasteiger partial charge on any atom is 0.490 e. The number of nitrogen functional groups attached to an aromatic ring is 1. The summed E-state index contributed by atoms with van der Waals surface area (Å²) in [6.45, 7) is 4.16. The first kappa shape index (κ1) is 32.0. The topological polar surface area (TPSA) is 194 Å². The second-order valence-corrected chi connectivity index (χ2v) is 8.34. The van der Waals surface area contributed by atoms with Crippen LogP contribution in [-0.4, -0.2) is 61.0 Å². The van der Waals surface area contributed by atoms with Crippen LogP contribution in [0, 0.1) is 11.2 Å². The Morgan fingerprint density at radius 1 is 1.14 bits per heavy atom. The van der Waals surface area contributed by atoms with Crippen molar-refractivity contribution < 1.29 is 36.9 Å². The van der Waals surface area contributed by atoms with Crippen LogP contribution in [0.15, 0.2) is 59.7 Å². The molecule has 0 radical (unpaired) electrons. The molecule has 2 aromatic carbocycles. The molecule has 6 N–H and O–H groups in total. The minimum atomic E-state index is -5.08. The molecule has 0 aliphatic heterocycles. The summed E-state index contributed by atoms with van der Waals surface area (Å²) in [5, 5.41) is 22.3. The average molecular weight is 607 g/mol. The molecule has 0 aliphatic carbocycles. The molecular formula is C26H26F4N8O5. The van der Waals surface area contributed by atoms with Gasteiger partial charge in [0.15, 0.2) is 17.4 Å². The molecule has 0 aliphatic rings. The molecule has 2 heterocycles. The molecule has 1 unspecified atom stereocenters. The maximum absolute atomic E-state index is 15.7. The second-order valence-electron chi connectivity index (χ2n) is 8.34. The average Bonchev–Trinajstić information content (AvgIpc) is 3.35. The number of aromatic amines is 1. The lowest BCUT2D eigenvalue weighted by molar-refractivity contribution is -0.192. The van der Waals surface area contributed by atoms with Gasteiger partial charge in [0.1, 0.15) is 17.6 Å². The van der Waals surface area contributed by atoms with E-state index in [9.17, 15) is 18.0 Å². The first-order chi connectivity index (χ1) is 20.3. The standard InChI is InChI=1S/C24H25FN8O3.C2HF3O2/c1-3-35-16-12-17(19(25)18(13-16)36-4-2)20(30-15-8-6-14(7-9-15)21(26)27)22-31-24(34)33(32-22)23-28-10-5-11-29-23;3-2(4,5)1(6)7/h5-13,20,30H,3-4H2,1-2H3,(H3,26,27)(H,31,32,34);(H,6,7). The Hall–Kier alpha value is -5.48. The number of carboxylic acids is 1. The summed E-state index contributed by atoms with van der Waals surface area (Å²) in [6.07, 6.45) is -2.12. The first-order valence-electron chi connectivity index (χ1n) is 12.4. The smallest absolute Gasteiger partial charge is 0.490 e. The highest BCUT2D eigenvalue weighted by Crippen LogP contribution is 2.35. The van der Waals surface area contributed by atoms with Crippen LogP contribution in [0.1, 0.15) is 36.8 Å². The summed E-state index contributed by atoms with van der Waals surface area (Å²) in [7, 11) is 0. The number of hydrogen-bond donors (Lipinski definition) is 5.